The fourth-order valence-electron chi connectivity index (χ4n) is 0.575. The van der Waals surface area contributed by atoms with Crippen LogP contribution in [0, 0.1) is 0 Å². The lowest BCUT2D eigenvalue weighted by Crippen LogP contribution is -1.99. The van der Waals surface area contributed by atoms with E-state index in [9.17, 15) is 0 Å². The maximum absolute atomic E-state index is 2.19. The summed E-state index contributed by atoms with van der Waals surface area (Å²) in [7, 11) is 4.24. The Kier molecular flexibility index (Phi) is 1.24. The fraction of sp³-hybridized carbons (Fsp3) is 0. The SMILES string of the molecule is Bc1csc(B)c1. The van der Waals surface area contributed by atoms with Gasteiger partial charge in [-0.15, -0.1) is 0 Å². The summed E-state index contributed by atoms with van der Waals surface area (Å²) < 4.78 is 1.40. The molecule has 7 heavy (non-hydrogen) atoms. The molecule has 0 aliphatic heterocycles. The van der Waals surface area contributed by atoms with Gasteiger partial charge in [0.05, 0.1) is 0 Å². The maximum atomic E-state index is 2.19. The third kappa shape index (κ3) is 1.10. The summed E-state index contributed by atoms with van der Waals surface area (Å²) in [6.07, 6.45) is 0. The van der Waals surface area contributed by atoms with Crippen LogP contribution in [0.15, 0.2) is 11.4 Å². The van der Waals surface area contributed by atoms with E-state index in [0.717, 1.165) is 0 Å². The lowest BCUT2D eigenvalue weighted by molar-refractivity contribution is 2.22. The molecule has 0 bridgehead atoms. The molecule has 0 aliphatic carbocycles. The van der Waals surface area contributed by atoms with E-state index in [0.29, 0.717) is 0 Å². The van der Waals surface area contributed by atoms with Crippen LogP contribution >= 0.6 is 11.3 Å². The molecule has 34 valence electrons. The summed E-state index contributed by atoms with van der Waals surface area (Å²) in [5.74, 6) is 0. The zero-order valence-corrected chi connectivity index (χ0v) is 5.38. The van der Waals surface area contributed by atoms with Crippen molar-refractivity contribution < 1.29 is 0 Å². The third-order valence-electron chi connectivity index (χ3n) is 0.862. The quantitative estimate of drug-likeness (QED) is 0.346. The van der Waals surface area contributed by atoms with E-state index in [1.54, 1.807) is 11.3 Å². The Bertz CT molecular complexity index is 142. The highest BCUT2D eigenvalue weighted by molar-refractivity contribution is 7.19. The predicted octanol–water partition coefficient (Wildman–Crippen LogP) is -1.74. The van der Waals surface area contributed by atoms with Gasteiger partial charge < -0.3 is 0 Å². The van der Waals surface area contributed by atoms with Crippen molar-refractivity contribution in [1.82, 2.24) is 0 Å². The lowest BCUT2D eigenvalue weighted by atomic mass is 9.97. The Morgan fingerprint density at radius 3 is 2.29 bits per heavy atom. The standard InChI is InChI=1S/C4H6B2S/c5-3-1-4(6)7-2-3/h1-2H,5-6H2. The molecule has 1 rings (SSSR count). The molecular weight excluding hydrogens is 102 g/mol. The van der Waals surface area contributed by atoms with E-state index in [1.807, 2.05) is 0 Å². The minimum absolute atomic E-state index is 1.38. The Hall–Kier alpha value is -0.170. The van der Waals surface area contributed by atoms with Crippen LogP contribution in [-0.4, -0.2) is 15.7 Å². The van der Waals surface area contributed by atoms with Crippen molar-refractivity contribution in [3.63, 3.8) is 0 Å². The normalized spacial score (nSPS) is 9.14. The minimum Gasteiger partial charge on any atom is -0.160 e. The molecule has 1 aromatic heterocycles. The zero-order valence-electron chi connectivity index (χ0n) is 4.56. The second-order valence-electron chi connectivity index (χ2n) is 1.73. The van der Waals surface area contributed by atoms with E-state index in [4.69, 9.17) is 0 Å². The molecule has 0 nitrogen and oxygen atoms in total. The van der Waals surface area contributed by atoms with Gasteiger partial charge >= 0.3 is 0 Å². The van der Waals surface area contributed by atoms with Gasteiger partial charge in [0, 0.05) is 0 Å². The second-order valence-corrected chi connectivity index (χ2v) is 2.85. The van der Waals surface area contributed by atoms with Gasteiger partial charge in [-0.25, -0.2) is 0 Å². The van der Waals surface area contributed by atoms with Crippen molar-refractivity contribution in [3.05, 3.63) is 11.4 Å². The third-order valence-corrected chi connectivity index (χ3v) is 1.84. The second kappa shape index (κ2) is 1.74. The molecule has 0 saturated carbocycles. The van der Waals surface area contributed by atoms with Crippen LogP contribution in [0.2, 0.25) is 0 Å². The van der Waals surface area contributed by atoms with E-state index < -0.39 is 0 Å². The summed E-state index contributed by atoms with van der Waals surface area (Å²) >= 11 is 1.80. The molecule has 0 aliphatic rings. The van der Waals surface area contributed by atoms with Gasteiger partial charge in [-0.2, -0.15) is 11.3 Å². The zero-order chi connectivity index (χ0) is 5.28. The monoisotopic (exact) mass is 108 g/mol. The molecule has 0 saturated heterocycles. The first kappa shape index (κ1) is 4.98. The highest BCUT2D eigenvalue weighted by Gasteiger charge is 1.84. The number of hydrogen-bond donors (Lipinski definition) is 0. The van der Waals surface area contributed by atoms with Gasteiger partial charge in [0.1, 0.15) is 7.85 Å². The van der Waals surface area contributed by atoms with Crippen molar-refractivity contribution in [2.75, 3.05) is 0 Å². The molecule has 0 atom stereocenters. The van der Waals surface area contributed by atoms with E-state index in [2.05, 4.69) is 27.1 Å². The Morgan fingerprint density at radius 2 is 2.14 bits per heavy atom. The lowest BCUT2D eigenvalue weighted by Gasteiger charge is -1.69. The van der Waals surface area contributed by atoms with E-state index in [1.165, 1.54) is 10.2 Å². The summed E-state index contributed by atoms with van der Waals surface area (Å²) in [6.45, 7) is 0. The first-order valence-corrected chi connectivity index (χ1v) is 3.19. The summed E-state index contributed by atoms with van der Waals surface area (Å²) in [4.78, 5) is 0. The van der Waals surface area contributed by atoms with Crippen LogP contribution in [0.5, 0.6) is 0 Å². The Labute approximate surface area is 49.4 Å². The first-order chi connectivity index (χ1) is 3.29. The van der Waals surface area contributed by atoms with E-state index >= 15 is 0 Å². The smallest absolute Gasteiger partial charge is 0.152 e. The summed E-state index contributed by atoms with van der Waals surface area (Å²) in [5.41, 5.74) is 1.38. The predicted molar refractivity (Wildman–Crippen MR) is 40.7 cm³/mol. The Balaban J connectivity index is 3.04. The van der Waals surface area contributed by atoms with Gasteiger partial charge in [0.15, 0.2) is 7.85 Å². The number of hydrogen-bond acceptors (Lipinski definition) is 1. The van der Waals surface area contributed by atoms with Gasteiger partial charge in [0.2, 0.25) is 0 Å². The van der Waals surface area contributed by atoms with Crippen LogP contribution in [0.25, 0.3) is 0 Å². The molecule has 0 aromatic carbocycles. The van der Waals surface area contributed by atoms with E-state index in [-0.39, 0.29) is 0 Å². The number of rotatable bonds is 0. The van der Waals surface area contributed by atoms with Gasteiger partial charge in [-0.3, -0.25) is 0 Å². The van der Waals surface area contributed by atoms with Gasteiger partial charge in [-0.1, -0.05) is 11.5 Å². The van der Waals surface area contributed by atoms with Crippen LogP contribution in [0.4, 0.5) is 0 Å². The van der Waals surface area contributed by atoms with Crippen LogP contribution in [0.1, 0.15) is 0 Å². The maximum Gasteiger partial charge on any atom is 0.152 e. The molecule has 0 unspecified atom stereocenters. The molecule has 1 heterocycles. The average Bonchev–Trinajstić information content (AvgIpc) is 1.87. The van der Waals surface area contributed by atoms with Crippen molar-refractivity contribution >= 4 is 37.3 Å². The summed E-state index contributed by atoms with van der Waals surface area (Å²) in [5, 5.41) is 2.16. The fourth-order valence-corrected chi connectivity index (χ4v) is 1.27. The highest BCUT2D eigenvalue weighted by atomic mass is 32.1. The Morgan fingerprint density at radius 1 is 1.43 bits per heavy atom. The van der Waals surface area contributed by atoms with Gasteiger partial charge in [0.25, 0.3) is 0 Å². The van der Waals surface area contributed by atoms with Gasteiger partial charge in [-0.05, 0) is 10.2 Å². The minimum atomic E-state index is 1.38. The molecule has 0 fully saturated rings. The largest absolute Gasteiger partial charge is 0.160 e. The van der Waals surface area contributed by atoms with Crippen LogP contribution in [-0.2, 0) is 0 Å². The molecule has 0 radical (unpaired) electrons. The summed E-state index contributed by atoms with van der Waals surface area (Å²) in [6, 6.07) is 2.19. The molecule has 3 heteroatoms. The van der Waals surface area contributed by atoms with Crippen molar-refractivity contribution in [2.24, 2.45) is 0 Å². The molecule has 1 aromatic rings. The van der Waals surface area contributed by atoms with Crippen LogP contribution < -0.4 is 10.2 Å². The highest BCUT2D eigenvalue weighted by Crippen LogP contribution is 1.83. The topological polar surface area (TPSA) is 0 Å². The average molecular weight is 108 g/mol. The first-order valence-electron chi connectivity index (χ1n) is 2.31. The molecule has 0 N–H and O–H groups in total. The molecule has 0 spiro atoms. The van der Waals surface area contributed by atoms with Crippen molar-refractivity contribution in [2.45, 2.75) is 0 Å². The molecular formula is C4H6B2S. The van der Waals surface area contributed by atoms with Crippen LogP contribution in [0.3, 0.4) is 0 Å². The van der Waals surface area contributed by atoms with Crippen molar-refractivity contribution in [3.8, 4) is 0 Å². The molecule has 0 amide bonds. The van der Waals surface area contributed by atoms with Crippen molar-refractivity contribution in [1.29, 1.82) is 0 Å². The number of thiophene rings is 1.